The molecule has 16 aromatic rings. The standard InChI is InChI=1S/2C30H37N4.C28H33N4.C22H19N2/c1-18-15-19(2)20(3)23(16-18)24-14-13-21-11-12-22(17-25(21)34(24)10)26-31-27(29(4,5)6)33-28(32-26)30(7,8)9;1-18(2)13-28-31-29(14-19(3)4)33-30(32-28)24-10-9-23-11-12-26(34(8)27(23)17-24)25-16-20(5)15-21(6)22(25)7;1-16(2)26-29-27(17(3)4)31-28(30-26)22-10-9-21-11-12-24(32(8)25(21)15-22)23-14-18(5)13-19(6)20(23)7;1-16-8-3-4-10-18(16)22-14-20-17(15-24(22)2)9-7-11-19(20)21-12-5-6-13-23-21/h11-17H,1-10H3;9-12,15-19H,13-14H2,1-8H3;9-17H,1-8H3;3-15H,1-2H3/q4*+1. The zero-order chi connectivity index (χ0) is 89.2. The zero-order valence-electron chi connectivity index (χ0n) is 78.6. The Labute approximate surface area is 736 Å². The van der Waals surface area contributed by atoms with E-state index in [0.29, 0.717) is 11.8 Å². The fourth-order valence-electron chi connectivity index (χ4n) is 16.3. The molecule has 0 saturated heterocycles. The Hall–Kier alpha value is -12.4. The molecule has 0 aliphatic carbocycles. The summed E-state index contributed by atoms with van der Waals surface area (Å²) < 4.78 is 9.07. The number of fused-ring (bicyclic) bond motifs is 4. The number of pyridine rings is 5. The molecular weight excluding hydrogens is 1520 g/mol. The first kappa shape index (κ1) is 89.3. The van der Waals surface area contributed by atoms with Gasteiger partial charge in [-0.1, -0.05) is 186 Å². The highest BCUT2D eigenvalue weighted by atomic mass is 15.1. The molecule has 0 saturated carbocycles. The van der Waals surface area contributed by atoms with E-state index in [-0.39, 0.29) is 22.7 Å². The monoisotopic (exact) mass is 1640 g/mol. The highest BCUT2D eigenvalue weighted by molar-refractivity contribution is 5.97. The molecule has 8 heterocycles. The maximum absolute atomic E-state index is 4.91. The number of aromatic nitrogens is 14. The predicted molar refractivity (Wildman–Crippen MR) is 512 cm³/mol. The van der Waals surface area contributed by atoms with Gasteiger partial charge in [-0.25, -0.2) is 49.4 Å². The summed E-state index contributed by atoms with van der Waals surface area (Å²) in [5.41, 5.74) is 31.4. The van der Waals surface area contributed by atoms with E-state index in [1.165, 1.54) is 139 Å². The van der Waals surface area contributed by atoms with Crippen LogP contribution in [0.4, 0.5) is 0 Å². The highest BCUT2D eigenvalue weighted by Gasteiger charge is 2.29. The van der Waals surface area contributed by atoms with E-state index in [2.05, 4.69) is 406 Å². The van der Waals surface area contributed by atoms with Gasteiger partial charge in [0.05, 0.1) is 5.69 Å². The van der Waals surface area contributed by atoms with Gasteiger partial charge >= 0.3 is 0 Å². The van der Waals surface area contributed by atoms with E-state index in [1.54, 1.807) is 0 Å². The van der Waals surface area contributed by atoms with Crippen molar-refractivity contribution in [2.24, 2.45) is 40.0 Å². The molecule has 0 N–H and O–H groups in total. The van der Waals surface area contributed by atoms with Crippen LogP contribution < -0.4 is 18.3 Å². The van der Waals surface area contributed by atoms with Crippen LogP contribution in [0.1, 0.15) is 199 Å². The minimum atomic E-state index is -0.160. The van der Waals surface area contributed by atoms with Gasteiger partial charge in [-0.3, -0.25) is 4.98 Å². The molecule has 0 amide bonds. The minimum absolute atomic E-state index is 0.160. The second-order valence-electron chi connectivity index (χ2n) is 37.7. The topological polar surface area (TPSA) is 144 Å². The van der Waals surface area contributed by atoms with Crippen molar-refractivity contribution in [1.82, 2.24) is 49.8 Å². The van der Waals surface area contributed by atoms with Crippen molar-refractivity contribution < 1.29 is 18.3 Å². The van der Waals surface area contributed by atoms with Gasteiger partial charge in [0.15, 0.2) is 23.7 Å². The fraction of sp³-hybridized carbons (Fsp3) is 0.327. The number of rotatable bonds is 14. The molecule has 8 aromatic carbocycles. The largest absolute Gasteiger partial charge is 0.256 e. The molecular formula is C110H126N14+4. The summed E-state index contributed by atoms with van der Waals surface area (Å²) in [6.07, 6.45) is 5.76. The first-order chi connectivity index (χ1) is 58.8. The molecule has 0 fully saturated rings. The lowest BCUT2D eigenvalue weighted by Crippen LogP contribution is -2.32. The Morgan fingerprint density at radius 3 is 1.09 bits per heavy atom. The first-order valence-electron chi connectivity index (χ1n) is 44.0. The van der Waals surface area contributed by atoms with Crippen LogP contribution in [0, 0.1) is 81.1 Å². The van der Waals surface area contributed by atoms with Crippen molar-refractivity contribution in [3.63, 3.8) is 0 Å². The third kappa shape index (κ3) is 19.9. The van der Waals surface area contributed by atoms with E-state index < -0.39 is 0 Å². The van der Waals surface area contributed by atoms with E-state index in [0.717, 1.165) is 98.7 Å². The summed E-state index contributed by atoms with van der Waals surface area (Å²) >= 11 is 0. The maximum Gasteiger partial charge on any atom is 0.213 e. The van der Waals surface area contributed by atoms with Gasteiger partial charge in [0.25, 0.3) is 0 Å². The molecule has 16 rings (SSSR count). The van der Waals surface area contributed by atoms with Crippen molar-refractivity contribution in [2.45, 2.75) is 202 Å². The van der Waals surface area contributed by atoms with Crippen molar-refractivity contribution in [2.75, 3.05) is 0 Å². The average Bonchev–Trinajstić information content (AvgIpc) is 0.785. The zero-order valence-corrected chi connectivity index (χ0v) is 78.6. The van der Waals surface area contributed by atoms with Gasteiger partial charge in [-0.2, -0.15) is 13.7 Å². The van der Waals surface area contributed by atoms with Crippen molar-refractivity contribution in [3.05, 3.63) is 297 Å². The molecule has 0 unspecified atom stereocenters. The summed E-state index contributed by atoms with van der Waals surface area (Å²) in [6, 6.07) is 69.7. The third-order valence-corrected chi connectivity index (χ3v) is 23.6. The quantitative estimate of drug-likeness (QED) is 0.0965. The van der Waals surface area contributed by atoms with Gasteiger partial charge in [-0.15, -0.1) is 0 Å². The lowest BCUT2D eigenvalue weighted by atomic mass is 9.93. The van der Waals surface area contributed by atoms with Crippen LogP contribution >= 0.6 is 0 Å². The molecule has 0 aliphatic heterocycles. The van der Waals surface area contributed by atoms with Gasteiger partial charge in [0, 0.05) is 156 Å². The smallest absolute Gasteiger partial charge is 0.213 e. The van der Waals surface area contributed by atoms with Crippen LogP contribution in [0.2, 0.25) is 0 Å². The lowest BCUT2D eigenvalue weighted by Gasteiger charge is -2.22. The van der Waals surface area contributed by atoms with Crippen LogP contribution in [-0.4, -0.2) is 49.8 Å². The summed E-state index contributed by atoms with van der Waals surface area (Å²) in [6.45, 7) is 52.1. The van der Waals surface area contributed by atoms with E-state index in [4.69, 9.17) is 44.9 Å². The summed E-state index contributed by atoms with van der Waals surface area (Å²) in [7, 11) is 8.55. The molecule has 0 atom stereocenters. The molecule has 14 nitrogen and oxygen atoms in total. The number of hydrogen-bond acceptors (Lipinski definition) is 10. The molecule has 0 bridgehead atoms. The second-order valence-corrected chi connectivity index (χ2v) is 37.7. The van der Waals surface area contributed by atoms with Crippen molar-refractivity contribution in [3.8, 4) is 90.5 Å². The molecule has 0 radical (unpaired) electrons. The van der Waals surface area contributed by atoms with Gasteiger partial charge in [-0.05, 0) is 199 Å². The summed E-state index contributed by atoms with van der Waals surface area (Å²) in [5.74, 6) is 8.90. The molecule has 0 spiro atoms. The molecule has 124 heavy (non-hydrogen) atoms. The SMILES string of the molecule is Cc1cc(C)c(C)c(-c2ccc3ccc(-c4nc(C(C)(C)C)nc(C(C)(C)C)n4)cc3[n+]2C)c1.Cc1cc(C)c(C)c(-c2ccc3ccc(-c4nc(C(C)C)nc(C(C)C)n4)cc3[n+]2C)c1.Cc1cc(C)c(C)c(-c2ccc3ccc(-c4nc(CC(C)C)nc(CC(C)C)n4)cc3[n+]2C)c1.Cc1ccccc1-c1cc2c(-c3ccccn3)cccc2c[n+]1C. The van der Waals surface area contributed by atoms with E-state index in [1.807, 2.05) is 18.3 Å². The van der Waals surface area contributed by atoms with E-state index in [9.17, 15) is 0 Å². The Bertz CT molecular complexity index is 6610. The number of aryl methyl sites for hydroxylation is 11. The minimum Gasteiger partial charge on any atom is -0.256 e. The van der Waals surface area contributed by atoms with Crippen LogP contribution in [0.5, 0.6) is 0 Å². The van der Waals surface area contributed by atoms with Gasteiger partial charge < -0.3 is 0 Å². The Balaban J connectivity index is 0.000000143. The number of benzene rings is 8. The predicted octanol–water partition coefficient (Wildman–Crippen LogP) is 24.3. The van der Waals surface area contributed by atoms with Crippen molar-refractivity contribution >= 4 is 43.5 Å². The van der Waals surface area contributed by atoms with Crippen LogP contribution in [0.3, 0.4) is 0 Å². The summed E-state index contributed by atoms with van der Waals surface area (Å²) in [5, 5.41) is 6.05. The molecule has 8 aromatic heterocycles. The molecule has 14 heteroatoms. The fourth-order valence-corrected chi connectivity index (χ4v) is 16.3. The molecule has 632 valence electrons. The maximum atomic E-state index is 4.91. The Morgan fingerprint density at radius 2 is 0.702 bits per heavy atom. The Morgan fingerprint density at radius 1 is 0.315 bits per heavy atom. The number of hydrogen-bond donors (Lipinski definition) is 0. The summed E-state index contributed by atoms with van der Waals surface area (Å²) in [4.78, 5) is 48.0. The second kappa shape index (κ2) is 36.9. The van der Waals surface area contributed by atoms with Crippen molar-refractivity contribution in [1.29, 1.82) is 0 Å². The lowest BCUT2D eigenvalue weighted by molar-refractivity contribution is -0.659. The normalized spacial score (nSPS) is 11.7. The van der Waals surface area contributed by atoms with Crippen LogP contribution in [0.15, 0.2) is 207 Å². The van der Waals surface area contributed by atoms with Crippen LogP contribution in [-0.2, 0) is 51.9 Å². The van der Waals surface area contributed by atoms with E-state index >= 15 is 0 Å². The number of nitrogens with zero attached hydrogens (tertiary/aromatic N) is 14. The van der Waals surface area contributed by atoms with Gasteiger partial charge in [0.1, 0.15) is 63.1 Å². The third-order valence-electron chi connectivity index (χ3n) is 23.6. The van der Waals surface area contributed by atoms with Crippen LogP contribution in [0.25, 0.3) is 134 Å². The molecule has 0 aliphatic rings. The average molecular weight is 1640 g/mol. The highest BCUT2D eigenvalue weighted by Crippen LogP contribution is 2.36. The first-order valence-corrected chi connectivity index (χ1v) is 44.0. The Kier molecular flexibility index (Phi) is 26.6. The van der Waals surface area contributed by atoms with Gasteiger partial charge in [0.2, 0.25) is 39.3 Å².